The fourth-order valence-electron chi connectivity index (χ4n) is 3.32. The minimum atomic E-state index is -0.538. The van der Waals surface area contributed by atoms with Crippen LogP contribution in [0.1, 0.15) is 28.4 Å². The van der Waals surface area contributed by atoms with Gasteiger partial charge in [-0.2, -0.15) is 5.01 Å². The van der Waals surface area contributed by atoms with E-state index in [9.17, 15) is 9.59 Å². The number of halogens is 3. The second-order valence-corrected chi connectivity index (χ2v) is 10.5. The van der Waals surface area contributed by atoms with Gasteiger partial charge in [0.15, 0.2) is 15.8 Å². The van der Waals surface area contributed by atoms with Gasteiger partial charge in [-0.05, 0) is 67.2 Å². The minimum absolute atomic E-state index is 0.196. The Hall–Kier alpha value is -2.75. The van der Waals surface area contributed by atoms with E-state index in [1.807, 2.05) is 6.92 Å². The van der Waals surface area contributed by atoms with Gasteiger partial charge in [-0.15, -0.1) is 0 Å². The number of amides is 2. The maximum Gasteiger partial charge on any atom is 0.285 e. The van der Waals surface area contributed by atoms with Crippen molar-refractivity contribution in [1.29, 1.82) is 0 Å². The normalized spacial score (nSPS) is 14.3. The molecule has 1 N–H and O–H groups in total. The number of thioether (sulfide) groups is 1. The number of carbonyl (C=O) groups is 2. The Morgan fingerprint density at radius 3 is 2.54 bits per heavy atom. The third-order valence-electron chi connectivity index (χ3n) is 5.09. The standard InChI is InChI=1S/C26H19Cl3N2O4S2/c1-2-34-22-11-15(7-10-21(22)35-14-16-8-9-17(27)13-20(16)29)12-23-25(33)31(26(36)37-23)30-24(32)18-5-3-4-6-19(18)28/h3-13H,2,14H2,1H3,(H,30,32)/b23-12-. The van der Waals surface area contributed by atoms with E-state index < -0.39 is 11.8 Å². The number of hydrogen-bond acceptors (Lipinski definition) is 6. The molecule has 6 nitrogen and oxygen atoms in total. The molecule has 0 aromatic heterocycles. The van der Waals surface area contributed by atoms with E-state index in [2.05, 4.69) is 5.43 Å². The second-order valence-electron chi connectivity index (χ2n) is 7.60. The molecule has 3 aromatic rings. The fourth-order valence-corrected chi connectivity index (χ4v) is 5.18. The van der Waals surface area contributed by atoms with Crippen LogP contribution >= 0.6 is 58.8 Å². The number of hydrazine groups is 1. The summed E-state index contributed by atoms with van der Waals surface area (Å²) in [4.78, 5) is 25.9. The van der Waals surface area contributed by atoms with E-state index in [1.165, 1.54) is 0 Å². The van der Waals surface area contributed by atoms with E-state index in [-0.39, 0.29) is 21.5 Å². The lowest BCUT2D eigenvalue weighted by molar-refractivity contribution is -0.123. The summed E-state index contributed by atoms with van der Waals surface area (Å²) in [6, 6.07) is 17.0. The van der Waals surface area contributed by atoms with E-state index in [0.717, 1.165) is 22.3 Å². The Morgan fingerprint density at radius 1 is 1.03 bits per heavy atom. The van der Waals surface area contributed by atoms with Crippen molar-refractivity contribution in [2.75, 3.05) is 6.61 Å². The molecule has 190 valence electrons. The van der Waals surface area contributed by atoms with Crippen molar-refractivity contribution in [3.63, 3.8) is 0 Å². The Balaban J connectivity index is 1.50. The highest BCUT2D eigenvalue weighted by Crippen LogP contribution is 2.35. The average molecular weight is 594 g/mol. The van der Waals surface area contributed by atoms with E-state index >= 15 is 0 Å². The van der Waals surface area contributed by atoms with Gasteiger partial charge < -0.3 is 9.47 Å². The second kappa shape index (κ2) is 12.2. The molecule has 1 heterocycles. The van der Waals surface area contributed by atoms with Gasteiger partial charge in [0, 0.05) is 15.6 Å². The van der Waals surface area contributed by atoms with Crippen molar-refractivity contribution in [3.05, 3.63) is 97.3 Å². The van der Waals surface area contributed by atoms with Crippen LogP contribution in [0, 0.1) is 0 Å². The molecular weight excluding hydrogens is 575 g/mol. The Labute approximate surface area is 238 Å². The maximum absolute atomic E-state index is 13.0. The fraction of sp³-hybridized carbons (Fsp3) is 0.115. The molecule has 1 aliphatic rings. The molecule has 2 amide bonds. The van der Waals surface area contributed by atoms with Crippen LogP contribution in [0.25, 0.3) is 6.08 Å². The molecule has 0 aliphatic carbocycles. The largest absolute Gasteiger partial charge is 0.490 e. The van der Waals surface area contributed by atoms with E-state index in [4.69, 9.17) is 56.5 Å². The lowest BCUT2D eigenvalue weighted by Gasteiger charge is -2.16. The zero-order valence-corrected chi connectivity index (χ0v) is 23.2. The first-order chi connectivity index (χ1) is 17.8. The van der Waals surface area contributed by atoms with Crippen molar-refractivity contribution in [1.82, 2.24) is 10.4 Å². The third-order valence-corrected chi connectivity index (χ3v) is 7.31. The lowest BCUT2D eigenvalue weighted by atomic mass is 10.1. The molecule has 3 aromatic carbocycles. The number of rotatable bonds is 8. The topological polar surface area (TPSA) is 67.9 Å². The molecule has 37 heavy (non-hydrogen) atoms. The van der Waals surface area contributed by atoms with E-state index in [1.54, 1.807) is 66.7 Å². The number of thiocarbonyl (C=S) groups is 1. The molecule has 1 aliphatic heterocycles. The average Bonchev–Trinajstić information content (AvgIpc) is 3.12. The predicted octanol–water partition coefficient (Wildman–Crippen LogP) is 7.17. The summed E-state index contributed by atoms with van der Waals surface area (Å²) in [7, 11) is 0. The summed E-state index contributed by atoms with van der Waals surface area (Å²) >= 11 is 24.7. The molecule has 1 fully saturated rings. The number of carbonyl (C=O) groups excluding carboxylic acids is 2. The van der Waals surface area contributed by atoms with Crippen LogP contribution in [-0.2, 0) is 11.4 Å². The lowest BCUT2D eigenvalue weighted by Crippen LogP contribution is -2.44. The Morgan fingerprint density at radius 2 is 1.81 bits per heavy atom. The van der Waals surface area contributed by atoms with Crippen LogP contribution in [0.3, 0.4) is 0 Å². The Kier molecular flexibility index (Phi) is 9.00. The number of benzene rings is 3. The zero-order chi connectivity index (χ0) is 26.5. The van der Waals surface area contributed by atoms with Gasteiger partial charge >= 0.3 is 0 Å². The molecule has 0 saturated carbocycles. The smallest absolute Gasteiger partial charge is 0.285 e. The highest BCUT2D eigenvalue weighted by molar-refractivity contribution is 8.26. The number of ether oxygens (including phenoxy) is 2. The molecule has 0 radical (unpaired) electrons. The van der Waals surface area contributed by atoms with Crippen LogP contribution in [0.15, 0.2) is 65.6 Å². The van der Waals surface area contributed by atoms with Crippen molar-refractivity contribution in [2.24, 2.45) is 0 Å². The number of nitrogens with zero attached hydrogens (tertiary/aromatic N) is 1. The van der Waals surface area contributed by atoms with Gasteiger partial charge in [-0.25, -0.2) is 0 Å². The van der Waals surface area contributed by atoms with Crippen LogP contribution < -0.4 is 14.9 Å². The SMILES string of the molecule is CCOc1cc(/C=C2\SC(=S)N(NC(=O)c3ccccc3Cl)C2=O)ccc1OCc1ccc(Cl)cc1Cl. The van der Waals surface area contributed by atoms with Crippen LogP contribution in [0.2, 0.25) is 15.1 Å². The summed E-state index contributed by atoms with van der Waals surface area (Å²) < 4.78 is 11.9. The van der Waals surface area contributed by atoms with Gasteiger partial charge in [-0.1, -0.05) is 70.8 Å². The predicted molar refractivity (Wildman–Crippen MR) is 152 cm³/mol. The Bertz CT molecular complexity index is 1410. The van der Waals surface area contributed by atoms with Crippen molar-refractivity contribution < 1.29 is 19.1 Å². The van der Waals surface area contributed by atoms with Crippen LogP contribution in [0.5, 0.6) is 11.5 Å². The molecule has 0 spiro atoms. The van der Waals surface area contributed by atoms with Crippen molar-refractivity contribution in [2.45, 2.75) is 13.5 Å². The summed E-state index contributed by atoms with van der Waals surface area (Å²) in [6.07, 6.45) is 1.67. The quantitative estimate of drug-likeness (QED) is 0.221. The van der Waals surface area contributed by atoms with Crippen molar-refractivity contribution >= 4 is 81.0 Å². The summed E-state index contributed by atoms with van der Waals surface area (Å²) in [5.41, 5.74) is 4.23. The molecular formula is C26H19Cl3N2O4S2. The van der Waals surface area contributed by atoms with Crippen LogP contribution in [-0.4, -0.2) is 27.8 Å². The summed E-state index contributed by atoms with van der Waals surface area (Å²) in [5.74, 6) is 0.0311. The first-order valence-electron chi connectivity index (χ1n) is 10.9. The highest BCUT2D eigenvalue weighted by Gasteiger charge is 2.34. The monoisotopic (exact) mass is 592 g/mol. The van der Waals surface area contributed by atoms with Gasteiger partial charge in [-0.3, -0.25) is 15.0 Å². The highest BCUT2D eigenvalue weighted by atomic mass is 35.5. The van der Waals surface area contributed by atoms with E-state index in [0.29, 0.717) is 38.6 Å². The van der Waals surface area contributed by atoms with Crippen LogP contribution in [0.4, 0.5) is 0 Å². The summed E-state index contributed by atoms with van der Waals surface area (Å²) in [5, 5.41) is 2.35. The number of hydrogen-bond donors (Lipinski definition) is 1. The molecule has 11 heteroatoms. The van der Waals surface area contributed by atoms with Crippen molar-refractivity contribution in [3.8, 4) is 11.5 Å². The molecule has 0 bridgehead atoms. The third kappa shape index (κ3) is 6.58. The molecule has 4 rings (SSSR count). The van der Waals surface area contributed by atoms with Gasteiger partial charge in [0.2, 0.25) is 0 Å². The first kappa shape index (κ1) is 27.3. The number of nitrogens with one attached hydrogen (secondary N) is 1. The molecule has 0 unspecified atom stereocenters. The minimum Gasteiger partial charge on any atom is -0.490 e. The summed E-state index contributed by atoms with van der Waals surface area (Å²) in [6.45, 7) is 2.50. The first-order valence-corrected chi connectivity index (χ1v) is 13.3. The zero-order valence-electron chi connectivity index (χ0n) is 19.3. The molecule has 0 atom stereocenters. The van der Waals surface area contributed by atoms with Gasteiger partial charge in [0.1, 0.15) is 6.61 Å². The van der Waals surface area contributed by atoms with Gasteiger partial charge in [0.25, 0.3) is 11.8 Å². The maximum atomic E-state index is 13.0. The molecule has 1 saturated heterocycles. The van der Waals surface area contributed by atoms with Gasteiger partial charge in [0.05, 0.1) is 22.1 Å².